The Hall–Kier alpha value is -2.67. The Morgan fingerprint density at radius 1 is 1.22 bits per heavy atom. The summed E-state index contributed by atoms with van der Waals surface area (Å²) < 4.78 is 2.06. The molecule has 2 aromatic rings. The molecule has 32 heavy (non-hydrogen) atoms. The quantitative estimate of drug-likeness (QED) is 0.669. The summed E-state index contributed by atoms with van der Waals surface area (Å²) in [5, 5.41) is 18.9. The van der Waals surface area contributed by atoms with Crippen LogP contribution in [0.1, 0.15) is 61.4 Å². The van der Waals surface area contributed by atoms with Crippen LogP contribution in [0.2, 0.25) is 0 Å². The van der Waals surface area contributed by atoms with Crippen molar-refractivity contribution in [3.05, 3.63) is 52.8 Å². The van der Waals surface area contributed by atoms with Gasteiger partial charge < -0.3 is 9.94 Å². The Morgan fingerprint density at radius 2 is 1.94 bits per heavy atom. The number of aryl methyl sites for hydroxylation is 2. The van der Waals surface area contributed by atoms with E-state index in [1.54, 1.807) is 0 Å². The van der Waals surface area contributed by atoms with Gasteiger partial charge in [-0.2, -0.15) is 5.10 Å². The second-order valence-corrected chi connectivity index (χ2v) is 9.38. The number of hydrogen-bond acceptors (Lipinski definition) is 5. The van der Waals surface area contributed by atoms with Gasteiger partial charge in [0.25, 0.3) is 0 Å². The zero-order valence-corrected chi connectivity index (χ0v) is 19.4. The predicted molar refractivity (Wildman–Crippen MR) is 124 cm³/mol. The average Bonchev–Trinajstić information content (AvgIpc) is 3.38. The fraction of sp³-hybridized carbons (Fsp3) is 0.560. The van der Waals surface area contributed by atoms with Crippen LogP contribution in [0.5, 0.6) is 0 Å². The van der Waals surface area contributed by atoms with Crippen LogP contribution in [-0.2, 0) is 22.7 Å². The van der Waals surface area contributed by atoms with E-state index in [-0.39, 0.29) is 6.10 Å². The molecule has 2 aliphatic heterocycles. The first kappa shape index (κ1) is 22.5. The first-order chi connectivity index (χ1) is 15.4. The minimum atomic E-state index is -0.749. The molecule has 0 amide bonds. The van der Waals surface area contributed by atoms with Crippen molar-refractivity contribution in [1.82, 2.24) is 14.7 Å². The Labute approximate surface area is 190 Å². The number of likely N-dealkylation sites (tertiary alicyclic amines) is 1. The molecular formula is C25H34N4O3. The van der Waals surface area contributed by atoms with E-state index in [4.69, 9.17) is 4.84 Å². The number of carboxylic acid groups (broad SMARTS) is 1. The van der Waals surface area contributed by atoms with Crippen LogP contribution in [0, 0.1) is 19.3 Å². The molecular weight excluding hydrogens is 404 g/mol. The van der Waals surface area contributed by atoms with Crippen molar-refractivity contribution in [3.63, 3.8) is 0 Å². The molecule has 172 valence electrons. The number of rotatable bonds is 8. The van der Waals surface area contributed by atoms with E-state index in [1.807, 2.05) is 6.20 Å². The maximum atomic E-state index is 12.3. The van der Waals surface area contributed by atoms with E-state index in [0.717, 1.165) is 43.9 Å². The first-order valence-corrected chi connectivity index (χ1v) is 11.7. The van der Waals surface area contributed by atoms with Crippen LogP contribution in [0.4, 0.5) is 0 Å². The smallest absolute Gasteiger partial charge is 0.309 e. The lowest BCUT2D eigenvalue weighted by atomic mass is 9.73. The van der Waals surface area contributed by atoms with Crippen molar-refractivity contribution in [2.45, 2.75) is 72.1 Å². The van der Waals surface area contributed by atoms with E-state index in [9.17, 15) is 9.90 Å². The van der Waals surface area contributed by atoms with Crippen molar-refractivity contribution < 1.29 is 14.7 Å². The number of aliphatic carboxylic acids is 1. The van der Waals surface area contributed by atoms with Gasteiger partial charge >= 0.3 is 5.97 Å². The molecule has 1 N–H and O–H groups in total. The van der Waals surface area contributed by atoms with E-state index in [0.29, 0.717) is 25.7 Å². The molecule has 3 heterocycles. The summed E-state index contributed by atoms with van der Waals surface area (Å²) in [6.07, 6.45) is 5.27. The molecule has 2 aliphatic rings. The average molecular weight is 439 g/mol. The molecule has 4 rings (SSSR count). The zero-order chi connectivity index (χ0) is 22.7. The SMILES string of the molecule is CCCn1ncc(CN2CCC(C[C@H]3CC(c4ccc(C)cc4)=NO3)(C(=O)O)CC2)c1C. The molecule has 0 unspecified atom stereocenters. The van der Waals surface area contributed by atoms with Gasteiger partial charge in [-0.3, -0.25) is 14.4 Å². The van der Waals surface area contributed by atoms with Crippen LogP contribution in [-0.4, -0.2) is 50.7 Å². The minimum absolute atomic E-state index is 0.177. The van der Waals surface area contributed by atoms with E-state index < -0.39 is 11.4 Å². The third-order valence-corrected chi connectivity index (χ3v) is 7.04. The van der Waals surface area contributed by atoms with E-state index in [2.05, 4.69) is 64.9 Å². The lowest BCUT2D eigenvalue weighted by Gasteiger charge is -2.39. The lowest BCUT2D eigenvalue weighted by Crippen LogP contribution is -2.45. The summed E-state index contributed by atoms with van der Waals surface area (Å²) >= 11 is 0. The minimum Gasteiger partial charge on any atom is -0.481 e. The van der Waals surface area contributed by atoms with Gasteiger partial charge in [-0.25, -0.2) is 0 Å². The number of hydrogen-bond donors (Lipinski definition) is 1. The molecule has 1 aromatic heterocycles. The Morgan fingerprint density at radius 3 is 2.59 bits per heavy atom. The highest BCUT2D eigenvalue weighted by molar-refractivity contribution is 6.01. The normalized spacial score (nSPS) is 20.7. The molecule has 1 saturated heterocycles. The molecule has 7 heteroatoms. The lowest BCUT2D eigenvalue weighted by molar-refractivity contribution is -0.155. The molecule has 0 radical (unpaired) electrons. The molecule has 0 spiro atoms. The number of benzene rings is 1. The number of nitrogens with zero attached hydrogens (tertiary/aromatic N) is 4. The van der Waals surface area contributed by atoms with Crippen molar-refractivity contribution in [1.29, 1.82) is 0 Å². The number of aromatic nitrogens is 2. The van der Waals surface area contributed by atoms with Crippen LogP contribution in [0.3, 0.4) is 0 Å². The summed E-state index contributed by atoms with van der Waals surface area (Å²) in [6.45, 7) is 9.62. The molecule has 0 saturated carbocycles. The largest absolute Gasteiger partial charge is 0.481 e. The van der Waals surface area contributed by atoms with Crippen LogP contribution < -0.4 is 0 Å². The summed E-state index contributed by atoms with van der Waals surface area (Å²) in [5.41, 5.74) is 4.86. The standard InChI is InChI=1S/C25H34N4O3/c1-4-11-29-19(3)21(16-26-29)17-28-12-9-25(10-13-28,24(30)31)15-22-14-23(27-32-22)20-7-5-18(2)6-8-20/h5-8,16,22H,4,9-15,17H2,1-3H3,(H,30,31)/t22-/m1/s1. The van der Waals surface area contributed by atoms with Gasteiger partial charge in [0.1, 0.15) is 6.10 Å². The number of piperidine rings is 1. The third kappa shape index (κ3) is 4.72. The second-order valence-electron chi connectivity index (χ2n) is 9.38. The van der Waals surface area contributed by atoms with Gasteiger partial charge in [0.2, 0.25) is 0 Å². The number of carboxylic acids is 1. The Balaban J connectivity index is 1.34. The molecule has 1 aromatic carbocycles. The highest BCUT2D eigenvalue weighted by Gasteiger charge is 2.45. The summed E-state index contributed by atoms with van der Waals surface area (Å²) in [6, 6.07) is 8.23. The molecule has 0 bridgehead atoms. The Kier molecular flexibility index (Phi) is 6.65. The highest BCUT2D eigenvalue weighted by Crippen LogP contribution is 2.39. The maximum absolute atomic E-state index is 12.3. The van der Waals surface area contributed by atoms with Crippen LogP contribution >= 0.6 is 0 Å². The number of carbonyl (C=O) groups is 1. The maximum Gasteiger partial charge on any atom is 0.309 e. The molecule has 0 aliphatic carbocycles. The topological polar surface area (TPSA) is 80.0 Å². The fourth-order valence-electron chi connectivity index (χ4n) is 4.85. The van der Waals surface area contributed by atoms with Gasteiger partial charge in [-0.15, -0.1) is 0 Å². The fourth-order valence-corrected chi connectivity index (χ4v) is 4.85. The van der Waals surface area contributed by atoms with Gasteiger partial charge in [-0.05, 0) is 51.8 Å². The van der Waals surface area contributed by atoms with E-state index in [1.165, 1.54) is 16.8 Å². The first-order valence-electron chi connectivity index (χ1n) is 11.7. The van der Waals surface area contributed by atoms with Crippen LogP contribution in [0.15, 0.2) is 35.6 Å². The summed E-state index contributed by atoms with van der Waals surface area (Å²) in [5.74, 6) is -0.712. The second kappa shape index (κ2) is 9.45. The van der Waals surface area contributed by atoms with Gasteiger partial charge in [-0.1, -0.05) is 41.9 Å². The van der Waals surface area contributed by atoms with Gasteiger partial charge in [0.05, 0.1) is 17.3 Å². The third-order valence-electron chi connectivity index (χ3n) is 7.04. The monoisotopic (exact) mass is 438 g/mol. The van der Waals surface area contributed by atoms with Crippen molar-refractivity contribution in [3.8, 4) is 0 Å². The van der Waals surface area contributed by atoms with Crippen molar-refractivity contribution in [2.24, 2.45) is 10.6 Å². The molecule has 1 fully saturated rings. The van der Waals surface area contributed by atoms with Crippen LogP contribution in [0.25, 0.3) is 0 Å². The highest BCUT2D eigenvalue weighted by atomic mass is 16.6. The van der Waals surface area contributed by atoms with E-state index >= 15 is 0 Å². The number of oxime groups is 1. The Bertz CT molecular complexity index is 972. The summed E-state index contributed by atoms with van der Waals surface area (Å²) in [4.78, 5) is 20.4. The van der Waals surface area contributed by atoms with Gasteiger partial charge in [0, 0.05) is 37.2 Å². The molecule has 1 atom stereocenters. The van der Waals surface area contributed by atoms with Crippen molar-refractivity contribution >= 4 is 11.7 Å². The van der Waals surface area contributed by atoms with Gasteiger partial charge in [0.15, 0.2) is 0 Å². The summed E-state index contributed by atoms with van der Waals surface area (Å²) in [7, 11) is 0. The zero-order valence-electron chi connectivity index (χ0n) is 19.4. The van der Waals surface area contributed by atoms with Crippen molar-refractivity contribution in [2.75, 3.05) is 13.1 Å². The molecule has 7 nitrogen and oxygen atoms in total. The predicted octanol–water partition coefficient (Wildman–Crippen LogP) is 4.16.